The third-order valence-corrected chi connectivity index (χ3v) is 2.50. The van der Waals surface area contributed by atoms with E-state index in [-0.39, 0.29) is 0 Å². The number of fused-ring (bicyclic) bond motifs is 1. The number of primary amides is 1. The Morgan fingerprint density at radius 2 is 2.27 bits per heavy atom. The lowest BCUT2D eigenvalue weighted by Crippen LogP contribution is -2.13. The van der Waals surface area contributed by atoms with E-state index in [2.05, 4.69) is 10.1 Å². The number of aromatic nitrogens is 3. The molecule has 1 amide bonds. The molecular weight excluding hydrogens is 192 g/mol. The molecule has 0 aromatic carbocycles. The quantitative estimate of drug-likeness (QED) is 0.788. The molecule has 0 spiro atoms. The number of amides is 1. The average Bonchev–Trinajstić information content (AvgIpc) is 2.61. The Morgan fingerprint density at radius 1 is 1.53 bits per heavy atom. The second-order valence-corrected chi connectivity index (χ2v) is 3.36. The molecule has 2 rings (SSSR count). The molecule has 2 aromatic heterocycles. The first-order valence-corrected chi connectivity index (χ1v) is 4.76. The summed E-state index contributed by atoms with van der Waals surface area (Å²) in [5, 5.41) is 5.06. The first kappa shape index (κ1) is 9.64. The van der Waals surface area contributed by atoms with Gasteiger partial charge in [-0.25, -0.2) is 9.67 Å². The third-order valence-electron chi connectivity index (χ3n) is 2.50. The second-order valence-electron chi connectivity index (χ2n) is 3.36. The van der Waals surface area contributed by atoms with E-state index < -0.39 is 5.91 Å². The number of hydrogen-bond donors (Lipinski definition) is 1. The van der Waals surface area contributed by atoms with Gasteiger partial charge in [-0.3, -0.25) is 4.79 Å². The number of carbonyl (C=O) groups excluding carboxylic acids is 1. The van der Waals surface area contributed by atoms with Crippen molar-refractivity contribution in [2.75, 3.05) is 0 Å². The summed E-state index contributed by atoms with van der Waals surface area (Å²) in [7, 11) is 0. The van der Waals surface area contributed by atoms with Crippen molar-refractivity contribution in [3.8, 4) is 0 Å². The molecule has 0 aliphatic carbocycles. The van der Waals surface area contributed by atoms with Gasteiger partial charge < -0.3 is 5.73 Å². The summed E-state index contributed by atoms with van der Waals surface area (Å²) < 4.78 is 1.78. The molecule has 15 heavy (non-hydrogen) atoms. The maximum Gasteiger partial charge on any atom is 0.250 e. The number of nitrogens with two attached hydrogens (primary N) is 1. The molecule has 78 valence electrons. The zero-order valence-corrected chi connectivity index (χ0v) is 8.69. The standard InChI is InChI=1S/C10H12N4O/c1-3-14-10-8(5-13-14)6(2)7(4-12-10)9(11)15/h4-5H,3H2,1-2H3,(H2,11,15). The highest BCUT2D eigenvalue weighted by atomic mass is 16.1. The van der Waals surface area contributed by atoms with Crippen LogP contribution in [0.5, 0.6) is 0 Å². The molecule has 0 saturated carbocycles. The minimum absolute atomic E-state index is 0.453. The fourth-order valence-corrected chi connectivity index (χ4v) is 1.63. The highest BCUT2D eigenvalue weighted by Crippen LogP contribution is 2.18. The zero-order chi connectivity index (χ0) is 11.0. The molecule has 0 radical (unpaired) electrons. The number of pyridine rings is 1. The maximum atomic E-state index is 11.1. The fraction of sp³-hybridized carbons (Fsp3) is 0.300. The van der Waals surface area contributed by atoms with E-state index in [0.717, 1.165) is 23.1 Å². The van der Waals surface area contributed by atoms with Crippen molar-refractivity contribution < 1.29 is 4.79 Å². The van der Waals surface area contributed by atoms with E-state index >= 15 is 0 Å². The van der Waals surface area contributed by atoms with Crippen molar-refractivity contribution in [3.63, 3.8) is 0 Å². The van der Waals surface area contributed by atoms with Crippen molar-refractivity contribution in [1.29, 1.82) is 0 Å². The normalized spacial score (nSPS) is 10.8. The predicted molar refractivity (Wildman–Crippen MR) is 56.5 cm³/mol. The summed E-state index contributed by atoms with van der Waals surface area (Å²) in [5.41, 5.74) is 7.33. The summed E-state index contributed by atoms with van der Waals surface area (Å²) in [6, 6.07) is 0. The van der Waals surface area contributed by atoms with Crippen LogP contribution < -0.4 is 5.73 Å². The van der Waals surface area contributed by atoms with Crippen LogP contribution in [-0.4, -0.2) is 20.7 Å². The maximum absolute atomic E-state index is 11.1. The molecule has 0 aliphatic heterocycles. The Morgan fingerprint density at radius 3 is 2.87 bits per heavy atom. The summed E-state index contributed by atoms with van der Waals surface area (Å²) in [5.74, 6) is -0.453. The summed E-state index contributed by atoms with van der Waals surface area (Å²) >= 11 is 0. The van der Waals surface area contributed by atoms with Crippen molar-refractivity contribution >= 4 is 16.9 Å². The predicted octanol–water partition coefficient (Wildman–Crippen LogP) is 0.859. The largest absolute Gasteiger partial charge is 0.366 e. The van der Waals surface area contributed by atoms with E-state index in [0.29, 0.717) is 5.56 Å². The van der Waals surface area contributed by atoms with E-state index in [1.807, 2.05) is 13.8 Å². The van der Waals surface area contributed by atoms with Gasteiger partial charge in [0.25, 0.3) is 5.91 Å². The van der Waals surface area contributed by atoms with Crippen LogP contribution in [0.2, 0.25) is 0 Å². The molecule has 2 aromatic rings. The monoisotopic (exact) mass is 204 g/mol. The van der Waals surface area contributed by atoms with Gasteiger partial charge in [-0.1, -0.05) is 0 Å². The summed E-state index contributed by atoms with van der Waals surface area (Å²) in [4.78, 5) is 15.3. The molecule has 0 atom stereocenters. The average molecular weight is 204 g/mol. The highest BCUT2D eigenvalue weighted by Gasteiger charge is 2.12. The van der Waals surface area contributed by atoms with E-state index in [1.165, 1.54) is 6.20 Å². The Balaban J connectivity index is 2.75. The van der Waals surface area contributed by atoms with E-state index in [4.69, 9.17) is 5.73 Å². The van der Waals surface area contributed by atoms with Crippen LogP contribution in [0.3, 0.4) is 0 Å². The van der Waals surface area contributed by atoms with Crippen molar-refractivity contribution in [2.45, 2.75) is 20.4 Å². The molecule has 5 nitrogen and oxygen atoms in total. The minimum Gasteiger partial charge on any atom is -0.366 e. The fourth-order valence-electron chi connectivity index (χ4n) is 1.63. The lowest BCUT2D eigenvalue weighted by molar-refractivity contribution is 0.0999. The molecule has 2 N–H and O–H groups in total. The molecule has 0 bridgehead atoms. The van der Waals surface area contributed by atoms with Gasteiger partial charge in [0.2, 0.25) is 0 Å². The van der Waals surface area contributed by atoms with E-state index in [9.17, 15) is 4.79 Å². The zero-order valence-electron chi connectivity index (χ0n) is 8.69. The molecule has 5 heteroatoms. The lowest BCUT2D eigenvalue weighted by atomic mass is 10.1. The summed E-state index contributed by atoms with van der Waals surface area (Å²) in [6.07, 6.45) is 3.22. The molecule has 2 heterocycles. The van der Waals surface area contributed by atoms with Crippen LogP contribution in [0.4, 0.5) is 0 Å². The molecule has 0 unspecified atom stereocenters. The Bertz CT molecular complexity index is 529. The molecular formula is C10H12N4O. The summed E-state index contributed by atoms with van der Waals surface area (Å²) in [6.45, 7) is 4.60. The van der Waals surface area contributed by atoms with Gasteiger partial charge in [0, 0.05) is 18.1 Å². The van der Waals surface area contributed by atoms with Gasteiger partial charge in [0.1, 0.15) is 0 Å². The topological polar surface area (TPSA) is 73.8 Å². The third kappa shape index (κ3) is 1.36. The van der Waals surface area contributed by atoms with Gasteiger partial charge in [-0.15, -0.1) is 0 Å². The van der Waals surface area contributed by atoms with Gasteiger partial charge in [0.05, 0.1) is 11.8 Å². The van der Waals surface area contributed by atoms with Crippen molar-refractivity contribution in [2.24, 2.45) is 5.73 Å². The van der Waals surface area contributed by atoms with Crippen molar-refractivity contribution in [3.05, 3.63) is 23.5 Å². The van der Waals surface area contributed by atoms with Crippen molar-refractivity contribution in [1.82, 2.24) is 14.8 Å². The Labute approximate surface area is 86.9 Å². The Kier molecular flexibility index (Phi) is 2.15. The van der Waals surface area contributed by atoms with Crippen LogP contribution in [0.25, 0.3) is 11.0 Å². The second kappa shape index (κ2) is 3.34. The van der Waals surface area contributed by atoms with Crippen LogP contribution in [0, 0.1) is 6.92 Å². The first-order chi connectivity index (χ1) is 7.15. The van der Waals surface area contributed by atoms with E-state index in [1.54, 1.807) is 10.9 Å². The lowest BCUT2D eigenvalue weighted by Gasteiger charge is -2.02. The number of nitrogens with zero attached hydrogens (tertiary/aromatic N) is 3. The van der Waals surface area contributed by atoms with Crippen LogP contribution >= 0.6 is 0 Å². The SMILES string of the molecule is CCn1ncc2c(C)c(C(N)=O)cnc21. The van der Waals surface area contributed by atoms with Gasteiger partial charge in [-0.05, 0) is 19.4 Å². The smallest absolute Gasteiger partial charge is 0.250 e. The van der Waals surface area contributed by atoms with Gasteiger partial charge in [0.15, 0.2) is 5.65 Å². The Hall–Kier alpha value is -1.91. The van der Waals surface area contributed by atoms with Crippen LogP contribution in [0.15, 0.2) is 12.4 Å². The first-order valence-electron chi connectivity index (χ1n) is 4.76. The van der Waals surface area contributed by atoms with Crippen LogP contribution in [0.1, 0.15) is 22.8 Å². The number of aryl methyl sites for hydroxylation is 2. The minimum atomic E-state index is -0.453. The molecule has 0 fully saturated rings. The van der Waals surface area contributed by atoms with Gasteiger partial charge >= 0.3 is 0 Å². The molecule has 0 saturated heterocycles. The number of hydrogen-bond acceptors (Lipinski definition) is 3. The number of carbonyl (C=O) groups is 1. The van der Waals surface area contributed by atoms with Crippen LogP contribution in [-0.2, 0) is 6.54 Å². The highest BCUT2D eigenvalue weighted by molar-refractivity contribution is 5.98. The number of rotatable bonds is 2. The van der Waals surface area contributed by atoms with Gasteiger partial charge in [-0.2, -0.15) is 5.10 Å². The molecule has 0 aliphatic rings.